The molecular weight excluding hydrogens is 319 g/mol. The lowest BCUT2D eigenvalue weighted by molar-refractivity contribution is 0.447. The largest absolute Gasteiger partial charge is 0.297 e. The van der Waals surface area contributed by atoms with Crippen LogP contribution in [0, 0.1) is 17.5 Å². The standard InChI is InChI=1S/C10H7ClF3N3O2S/c1-2-17-9(15-16-10(17)20(11,18)19)5-3-6(12)8(14)7(13)4-5/h3-4H,2H2,1H3. The fraction of sp³-hybridized carbons (Fsp3) is 0.200. The van der Waals surface area contributed by atoms with Crippen molar-refractivity contribution in [3.63, 3.8) is 0 Å². The summed E-state index contributed by atoms with van der Waals surface area (Å²) in [6.45, 7) is 1.65. The van der Waals surface area contributed by atoms with Crippen molar-refractivity contribution in [3.05, 3.63) is 29.6 Å². The summed E-state index contributed by atoms with van der Waals surface area (Å²) in [7, 11) is 1.01. The molecule has 2 aromatic rings. The van der Waals surface area contributed by atoms with Crippen LogP contribution in [0.4, 0.5) is 13.2 Å². The van der Waals surface area contributed by atoms with Crippen LogP contribution < -0.4 is 0 Å². The molecule has 108 valence electrons. The van der Waals surface area contributed by atoms with Gasteiger partial charge in [-0.1, -0.05) is 0 Å². The fourth-order valence-electron chi connectivity index (χ4n) is 1.65. The lowest BCUT2D eigenvalue weighted by Gasteiger charge is -2.06. The highest BCUT2D eigenvalue weighted by Crippen LogP contribution is 2.25. The van der Waals surface area contributed by atoms with E-state index in [9.17, 15) is 21.6 Å². The average molecular weight is 326 g/mol. The molecule has 1 aromatic heterocycles. The van der Waals surface area contributed by atoms with E-state index in [4.69, 9.17) is 10.7 Å². The second kappa shape index (κ2) is 5.06. The van der Waals surface area contributed by atoms with Crippen LogP contribution in [-0.4, -0.2) is 23.2 Å². The van der Waals surface area contributed by atoms with Gasteiger partial charge in [-0.2, -0.15) is 0 Å². The van der Waals surface area contributed by atoms with Gasteiger partial charge in [-0.25, -0.2) is 21.6 Å². The molecule has 0 radical (unpaired) electrons. The van der Waals surface area contributed by atoms with Crippen molar-refractivity contribution < 1.29 is 21.6 Å². The number of aromatic nitrogens is 3. The Labute approximate surface area is 116 Å². The van der Waals surface area contributed by atoms with E-state index in [-0.39, 0.29) is 17.9 Å². The summed E-state index contributed by atoms with van der Waals surface area (Å²) in [6.07, 6.45) is 0. The molecule has 0 saturated carbocycles. The number of nitrogens with zero attached hydrogens (tertiary/aromatic N) is 3. The summed E-state index contributed by atoms with van der Waals surface area (Å²) in [5.41, 5.74) is -0.151. The van der Waals surface area contributed by atoms with Crippen LogP contribution in [0.3, 0.4) is 0 Å². The van der Waals surface area contributed by atoms with E-state index < -0.39 is 31.7 Å². The molecular formula is C10H7ClF3N3O2S. The molecule has 10 heteroatoms. The average Bonchev–Trinajstić information content (AvgIpc) is 2.78. The monoisotopic (exact) mass is 325 g/mol. The Balaban J connectivity index is 2.69. The third kappa shape index (κ3) is 2.50. The molecule has 5 nitrogen and oxygen atoms in total. The molecule has 1 aromatic carbocycles. The van der Waals surface area contributed by atoms with E-state index in [2.05, 4.69) is 10.2 Å². The number of halogens is 4. The van der Waals surface area contributed by atoms with E-state index >= 15 is 0 Å². The Morgan fingerprint density at radius 1 is 1.20 bits per heavy atom. The molecule has 0 aliphatic rings. The minimum absolute atomic E-state index is 0.0875. The molecule has 0 aliphatic carbocycles. The number of hydrogen-bond acceptors (Lipinski definition) is 4. The molecule has 0 bridgehead atoms. The summed E-state index contributed by atoms with van der Waals surface area (Å²) in [5, 5.41) is 6.35. The van der Waals surface area contributed by atoms with Gasteiger partial charge in [-0.15, -0.1) is 10.2 Å². The van der Waals surface area contributed by atoms with Crippen LogP contribution in [0.15, 0.2) is 17.3 Å². The van der Waals surface area contributed by atoms with Gasteiger partial charge in [0.15, 0.2) is 23.3 Å². The fourth-order valence-corrected chi connectivity index (χ4v) is 2.61. The summed E-state index contributed by atoms with van der Waals surface area (Å²) in [6, 6.07) is 1.39. The van der Waals surface area contributed by atoms with Gasteiger partial charge in [0.05, 0.1) is 0 Å². The van der Waals surface area contributed by atoms with Gasteiger partial charge >= 0.3 is 0 Å². The first-order valence-electron chi connectivity index (χ1n) is 5.28. The van der Waals surface area contributed by atoms with Gasteiger partial charge in [-0.3, -0.25) is 4.57 Å². The second-order valence-corrected chi connectivity index (χ2v) is 6.20. The topological polar surface area (TPSA) is 64.8 Å². The Morgan fingerprint density at radius 2 is 1.75 bits per heavy atom. The summed E-state index contributed by atoms with van der Waals surface area (Å²) in [5.74, 6) is -4.59. The van der Waals surface area contributed by atoms with Crippen molar-refractivity contribution in [2.24, 2.45) is 0 Å². The van der Waals surface area contributed by atoms with Crippen molar-refractivity contribution in [2.45, 2.75) is 18.6 Å². The quantitative estimate of drug-likeness (QED) is 0.641. The van der Waals surface area contributed by atoms with E-state index in [1.54, 1.807) is 6.92 Å². The van der Waals surface area contributed by atoms with Crippen molar-refractivity contribution in [3.8, 4) is 11.4 Å². The van der Waals surface area contributed by atoms with Crippen LogP contribution in [0.2, 0.25) is 0 Å². The summed E-state index contributed by atoms with van der Waals surface area (Å²) in [4.78, 5) is 0. The zero-order valence-electron chi connectivity index (χ0n) is 9.94. The van der Waals surface area contributed by atoms with E-state index in [1.807, 2.05) is 0 Å². The zero-order chi connectivity index (χ0) is 15.1. The smallest absolute Gasteiger partial charge is 0.296 e. The van der Waals surface area contributed by atoms with Gasteiger partial charge in [0, 0.05) is 22.8 Å². The van der Waals surface area contributed by atoms with Gasteiger partial charge in [0.2, 0.25) is 0 Å². The Bertz CT molecular complexity index is 753. The predicted octanol–water partition coefficient (Wildman–Crippen LogP) is 2.31. The number of rotatable bonds is 3. The van der Waals surface area contributed by atoms with Gasteiger partial charge in [0.1, 0.15) is 0 Å². The maximum Gasteiger partial charge on any atom is 0.296 e. The molecule has 0 amide bonds. The molecule has 0 N–H and O–H groups in total. The minimum atomic E-state index is -4.16. The normalized spacial score (nSPS) is 11.8. The van der Waals surface area contributed by atoms with Crippen molar-refractivity contribution in [1.29, 1.82) is 0 Å². The third-order valence-corrected chi connectivity index (χ3v) is 3.65. The lowest BCUT2D eigenvalue weighted by atomic mass is 10.2. The maximum atomic E-state index is 13.2. The van der Waals surface area contributed by atoms with Gasteiger partial charge < -0.3 is 0 Å². The molecule has 1 heterocycles. The van der Waals surface area contributed by atoms with Crippen molar-refractivity contribution in [2.75, 3.05) is 0 Å². The van der Waals surface area contributed by atoms with Crippen molar-refractivity contribution in [1.82, 2.24) is 14.8 Å². The van der Waals surface area contributed by atoms with Crippen LogP contribution in [0.25, 0.3) is 11.4 Å². The van der Waals surface area contributed by atoms with Crippen LogP contribution in [0.5, 0.6) is 0 Å². The molecule has 0 aliphatic heterocycles. The van der Waals surface area contributed by atoms with E-state index in [0.29, 0.717) is 12.1 Å². The molecule has 0 unspecified atom stereocenters. The highest BCUT2D eigenvalue weighted by Gasteiger charge is 2.23. The highest BCUT2D eigenvalue weighted by atomic mass is 35.7. The molecule has 0 atom stereocenters. The van der Waals surface area contributed by atoms with Crippen LogP contribution in [0.1, 0.15) is 6.92 Å². The SMILES string of the molecule is CCn1c(-c2cc(F)c(F)c(F)c2)nnc1S(=O)(=O)Cl. The molecule has 20 heavy (non-hydrogen) atoms. The highest BCUT2D eigenvalue weighted by molar-refractivity contribution is 8.13. The van der Waals surface area contributed by atoms with E-state index in [0.717, 1.165) is 4.57 Å². The Morgan fingerprint density at radius 3 is 2.20 bits per heavy atom. The lowest BCUT2D eigenvalue weighted by Crippen LogP contribution is -2.06. The van der Waals surface area contributed by atoms with Gasteiger partial charge in [0.25, 0.3) is 14.2 Å². The van der Waals surface area contributed by atoms with E-state index in [1.165, 1.54) is 0 Å². The first kappa shape index (κ1) is 14.8. The first-order valence-corrected chi connectivity index (χ1v) is 7.59. The molecule has 0 fully saturated rings. The zero-order valence-corrected chi connectivity index (χ0v) is 11.5. The number of benzene rings is 1. The minimum Gasteiger partial charge on any atom is -0.297 e. The Kier molecular flexibility index (Phi) is 3.74. The second-order valence-electron chi connectivity index (χ2n) is 3.74. The molecule has 0 spiro atoms. The van der Waals surface area contributed by atoms with Crippen molar-refractivity contribution >= 4 is 19.7 Å². The van der Waals surface area contributed by atoms with Crippen LogP contribution >= 0.6 is 10.7 Å². The van der Waals surface area contributed by atoms with Crippen LogP contribution in [-0.2, 0) is 15.6 Å². The Hall–Kier alpha value is -1.61. The third-order valence-electron chi connectivity index (χ3n) is 2.49. The first-order chi connectivity index (χ1) is 9.25. The molecule has 0 saturated heterocycles. The maximum absolute atomic E-state index is 13.2. The predicted molar refractivity (Wildman–Crippen MR) is 64.0 cm³/mol. The summed E-state index contributed by atoms with van der Waals surface area (Å²) < 4.78 is 62.9. The molecule has 2 rings (SSSR count). The summed E-state index contributed by atoms with van der Waals surface area (Å²) >= 11 is 0. The number of hydrogen-bond donors (Lipinski definition) is 0. The van der Waals surface area contributed by atoms with Gasteiger partial charge in [-0.05, 0) is 19.1 Å².